The second kappa shape index (κ2) is 4.39. The van der Waals surface area contributed by atoms with Crippen molar-refractivity contribution in [1.82, 2.24) is 20.0 Å². The summed E-state index contributed by atoms with van der Waals surface area (Å²) in [5.41, 5.74) is 0. The number of rotatable bonds is 2. The van der Waals surface area contributed by atoms with Crippen molar-refractivity contribution < 1.29 is 9.59 Å². The van der Waals surface area contributed by atoms with Gasteiger partial charge in [0.1, 0.15) is 0 Å². The van der Waals surface area contributed by atoms with E-state index in [-0.39, 0.29) is 24.5 Å². The van der Waals surface area contributed by atoms with Crippen LogP contribution in [0, 0.1) is 0 Å². The Kier molecular flexibility index (Phi) is 3.11. The van der Waals surface area contributed by atoms with Gasteiger partial charge in [0.15, 0.2) is 0 Å². The second-order valence-electron chi connectivity index (χ2n) is 4.56. The molecule has 1 unspecified atom stereocenters. The summed E-state index contributed by atoms with van der Waals surface area (Å²) in [4.78, 5) is 28.6. The van der Waals surface area contributed by atoms with Crippen molar-refractivity contribution in [1.29, 1.82) is 0 Å². The zero-order valence-electron chi connectivity index (χ0n) is 9.77. The molecular weight excluding hydrogens is 208 g/mol. The Balaban J connectivity index is 1.97. The summed E-state index contributed by atoms with van der Waals surface area (Å²) in [6, 6.07) is -0.0156. The van der Waals surface area contributed by atoms with Crippen LogP contribution >= 0.6 is 0 Å². The standard InChI is InChI=1S/C10H18N4O2/c1-12-3-4-13(2)8(6-12)7-14-9(15)5-11-10(14)16/h8H,3-7H2,1-2H3,(H,11,16). The Hall–Kier alpha value is -1.14. The number of hydrogen-bond donors (Lipinski definition) is 1. The van der Waals surface area contributed by atoms with Gasteiger partial charge in [-0.15, -0.1) is 0 Å². The number of likely N-dealkylation sites (N-methyl/N-ethyl adjacent to an activating group) is 2. The van der Waals surface area contributed by atoms with Crippen molar-refractivity contribution in [3.63, 3.8) is 0 Å². The van der Waals surface area contributed by atoms with E-state index in [2.05, 4.69) is 22.2 Å². The van der Waals surface area contributed by atoms with E-state index < -0.39 is 0 Å². The number of urea groups is 1. The maximum absolute atomic E-state index is 11.5. The third-order valence-electron chi connectivity index (χ3n) is 3.31. The van der Waals surface area contributed by atoms with E-state index in [1.165, 1.54) is 4.90 Å². The van der Waals surface area contributed by atoms with Crippen LogP contribution in [0.2, 0.25) is 0 Å². The zero-order chi connectivity index (χ0) is 11.7. The molecule has 1 atom stereocenters. The highest BCUT2D eigenvalue weighted by Crippen LogP contribution is 2.09. The Morgan fingerprint density at radius 2 is 2.06 bits per heavy atom. The summed E-state index contributed by atoms with van der Waals surface area (Å²) in [5, 5.41) is 2.54. The molecule has 0 aromatic heterocycles. The largest absolute Gasteiger partial charge is 0.329 e. The lowest BCUT2D eigenvalue weighted by Gasteiger charge is -2.38. The lowest BCUT2D eigenvalue weighted by atomic mass is 10.2. The molecule has 0 bridgehead atoms. The highest BCUT2D eigenvalue weighted by molar-refractivity contribution is 6.01. The van der Waals surface area contributed by atoms with Gasteiger partial charge in [0.05, 0.1) is 6.54 Å². The van der Waals surface area contributed by atoms with Crippen molar-refractivity contribution in [2.45, 2.75) is 6.04 Å². The number of nitrogens with zero attached hydrogens (tertiary/aromatic N) is 3. The van der Waals surface area contributed by atoms with Crippen molar-refractivity contribution >= 4 is 11.9 Å². The molecule has 6 nitrogen and oxygen atoms in total. The zero-order valence-corrected chi connectivity index (χ0v) is 9.77. The van der Waals surface area contributed by atoms with E-state index in [0.717, 1.165) is 19.6 Å². The molecule has 90 valence electrons. The summed E-state index contributed by atoms with van der Waals surface area (Å²) in [6.07, 6.45) is 0. The predicted molar refractivity (Wildman–Crippen MR) is 59.0 cm³/mol. The number of carbonyl (C=O) groups is 2. The molecule has 0 saturated carbocycles. The van der Waals surface area contributed by atoms with Crippen LogP contribution in [0.25, 0.3) is 0 Å². The van der Waals surface area contributed by atoms with Gasteiger partial charge in [-0.1, -0.05) is 0 Å². The molecule has 2 heterocycles. The summed E-state index contributed by atoms with van der Waals surface area (Å²) in [7, 11) is 4.10. The maximum atomic E-state index is 11.5. The van der Waals surface area contributed by atoms with Crippen LogP contribution < -0.4 is 5.32 Å². The first kappa shape index (κ1) is 11.3. The average Bonchev–Trinajstić information content (AvgIpc) is 2.55. The molecule has 2 aliphatic heterocycles. The van der Waals surface area contributed by atoms with E-state index in [9.17, 15) is 9.59 Å². The third-order valence-corrected chi connectivity index (χ3v) is 3.31. The number of hydrogen-bond acceptors (Lipinski definition) is 4. The SMILES string of the molecule is CN1CCN(C)C(CN2C(=O)CNC2=O)C1. The van der Waals surface area contributed by atoms with E-state index in [1.807, 2.05) is 7.05 Å². The van der Waals surface area contributed by atoms with Crippen molar-refractivity contribution in [2.24, 2.45) is 0 Å². The molecule has 0 spiro atoms. The summed E-state index contributed by atoms with van der Waals surface area (Å²) in [6.45, 7) is 3.54. The van der Waals surface area contributed by atoms with Gasteiger partial charge in [-0.3, -0.25) is 14.6 Å². The fourth-order valence-corrected chi connectivity index (χ4v) is 2.15. The quantitative estimate of drug-likeness (QED) is 0.600. The highest BCUT2D eigenvalue weighted by atomic mass is 16.2. The second-order valence-corrected chi connectivity index (χ2v) is 4.56. The Morgan fingerprint density at radius 3 is 2.69 bits per heavy atom. The monoisotopic (exact) mass is 226 g/mol. The van der Waals surface area contributed by atoms with E-state index in [0.29, 0.717) is 6.54 Å². The van der Waals surface area contributed by atoms with Gasteiger partial charge in [-0.2, -0.15) is 0 Å². The minimum absolute atomic E-state index is 0.119. The number of imide groups is 1. The molecule has 2 rings (SSSR count). The molecular formula is C10H18N4O2. The molecule has 2 fully saturated rings. The molecule has 16 heavy (non-hydrogen) atoms. The molecule has 0 radical (unpaired) electrons. The van der Waals surface area contributed by atoms with Gasteiger partial charge in [-0.05, 0) is 14.1 Å². The molecule has 1 N–H and O–H groups in total. The molecule has 0 aromatic rings. The predicted octanol–water partition coefficient (Wildman–Crippen LogP) is -1.22. The number of piperazine rings is 1. The van der Waals surface area contributed by atoms with E-state index in [4.69, 9.17) is 0 Å². The van der Waals surface area contributed by atoms with Gasteiger partial charge in [0.2, 0.25) is 5.91 Å². The number of amides is 3. The maximum Gasteiger partial charge on any atom is 0.324 e. The van der Waals surface area contributed by atoms with Crippen LogP contribution in [-0.4, -0.2) is 79.5 Å². The van der Waals surface area contributed by atoms with Crippen LogP contribution in [0.5, 0.6) is 0 Å². The van der Waals surface area contributed by atoms with E-state index in [1.54, 1.807) is 0 Å². The van der Waals surface area contributed by atoms with Crippen LogP contribution in [0.4, 0.5) is 4.79 Å². The van der Waals surface area contributed by atoms with Gasteiger partial charge in [0, 0.05) is 32.2 Å². The van der Waals surface area contributed by atoms with Gasteiger partial charge in [0.25, 0.3) is 0 Å². The van der Waals surface area contributed by atoms with Crippen LogP contribution in [0.1, 0.15) is 0 Å². The van der Waals surface area contributed by atoms with Crippen molar-refractivity contribution in [2.75, 3.05) is 46.8 Å². The van der Waals surface area contributed by atoms with Crippen LogP contribution in [0.15, 0.2) is 0 Å². The van der Waals surface area contributed by atoms with Gasteiger partial charge >= 0.3 is 6.03 Å². The summed E-state index contributed by atoms with van der Waals surface area (Å²) < 4.78 is 0. The Bertz CT molecular complexity index is 291. The van der Waals surface area contributed by atoms with Crippen LogP contribution in [0.3, 0.4) is 0 Å². The van der Waals surface area contributed by atoms with Crippen molar-refractivity contribution in [3.05, 3.63) is 0 Å². The first-order valence-electron chi connectivity index (χ1n) is 5.55. The molecule has 0 aromatic carbocycles. The topological polar surface area (TPSA) is 55.9 Å². The number of carbonyl (C=O) groups excluding carboxylic acids is 2. The van der Waals surface area contributed by atoms with E-state index >= 15 is 0 Å². The minimum atomic E-state index is -0.258. The number of nitrogens with one attached hydrogen (secondary N) is 1. The molecule has 2 aliphatic rings. The summed E-state index contributed by atoms with van der Waals surface area (Å²) in [5.74, 6) is -0.119. The third kappa shape index (κ3) is 2.17. The lowest BCUT2D eigenvalue weighted by Crippen LogP contribution is -2.55. The summed E-state index contributed by atoms with van der Waals surface area (Å²) >= 11 is 0. The molecule has 0 aliphatic carbocycles. The highest BCUT2D eigenvalue weighted by Gasteiger charge is 2.33. The fourth-order valence-electron chi connectivity index (χ4n) is 2.15. The lowest BCUT2D eigenvalue weighted by molar-refractivity contribution is -0.125. The van der Waals surface area contributed by atoms with Gasteiger partial charge < -0.3 is 10.2 Å². The first-order chi connectivity index (χ1) is 7.58. The van der Waals surface area contributed by atoms with Gasteiger partial charge in [-0.25, -0.2) is 4.79 Å². The molecule has 2 saturated heterocycles. The fraction of sp³-hybridized carbons (Fsp3) is 0.800. The Labute approximate surface area is 95.2 Å². The average molecular weight is 226 g/mol. The molecule has 6 heteroatoms. The minimum Gasteiger partial charge on any atom is -0.329 e. The smallest absolute Gasteiger partial charge is 0.324 e. The molecule has 3 amide bonds. The van der Waals surface area contributed by atoms with Crippen LogP contribution in [-0.2, 0) is 4.79 Å². The Morgan fingerprint density at radius 1 is 1.31 bits per heavy atom. The van der Waals surface area contributed by atoms with Crippen molar-refractivity contribution in [3.8, 4) is 0 Å². The normalized spacial score (nSPS) is 28.6. The first-order valence-corrected chi connectivity index (χ1v) is 5.55.